The van der Waals surface area contributed by atoms with Crippen molar-refractivity contribution in [3.05, 3.63) is 112 Å². The molecule has 0 aromatic heterocycles. The van der Waals surface area contributed by atoms with E-state index in [4.69, 9.17) is 4.74 Å². The maximum atomic E-state index is 13.1. The molecule has 178 valence electrons. The van der Waals surface area contributed by atoms with Crippen LogP contribution in [0, 0.1) is 6.92 Å². The van der Waals surface area contributed by atoms with Crippen LogP contribution in [0.5, 0.6) is 5.75 Å². The van der Waals surface area contributed by atoms with Crippen LogP contribution in [0.2, 0.25) is 0 Å². The van der Waals surface area contributed by atoms with E-state index in [0.29, 0.717) is 23.6 Å². The smallest absolute Gasteiger partial charge is 0.335 e. The average molecular weight is 541 g/mol. The molecule has 36 heavy (non-hydrogen) atoms. The highest BCUT2D eigenvalue weighted by atomic mass is 79.9. The molecule has 1 heterocycles. The SMILES string of the molecule is Cc1cc(N2C(=O)NC(=O)/C(=C\c3ccc(OCc4cccc5ccccc45)cc3)C2=O)ccc1Br. The average Bonchev–Trinajstić information content (AvgIpc) is 2.88. The second-order valence-electron chi connectivity index (χ2n) is 8.39. The van der Waals surface area contributed by atoms with Gasteiger partial charge in [0.2, 0.25) is 0 Å². The maximum absolute atomic E-state index is 13.1. The normalized spacial score (nSPS) is 14.9. The van der Waals surface area contributed by atoms with E-state index < -0.39 is 17.8 Å². The number of halogens is 1. The highest BCUT2D eigenvalue weighted by Crippen LogP contribution is 2.27. The molecule has 7 heteroatoms. The molecule has 0 unspecified atom stereocenters. The summed E-state index contributed by atoms with van der Waals surface area (Å²) in [5, 5.41) is 4.55. The molecule has 4 amide bonds. The minimum absolute atomic E-state index is 0.125. The molecule has 1 N–H and O–H groups in total. The van der Waals surface area contributed by atoms with Crippen molar-refractivity contribution in [3.63, 3.8) is 0 Å². The molecule has 1 fully saturated rings. The monoisotopic (exact) mass is 540 g/mol. The van der Waals surface area contributed by atoms with Crippen molar-refractivity contribution in [1.29, 1.82) is 0 Å². The van der Waals surface area contributed by atoms with Crippen LogP contribution in [0.25, 0.3) is 16.8 Å². The summed E-state index contributed by atoms with van der Waals surface area (Å²) in [5.41, 5.74) is 2.83. The zero-order valence-corrected chi connectivity index (χ0v) is 20.9. The van der Waals surface area contributed by atoms with E-state index in [2.05, 4.69) is 39.4 Å². The first-order chi connectivity index (χ1) is 17.4. The van der Waals surface area contributed by atoms with Gasteiger partial charge in [-0.15, -0.1) is 0 Å². The lowest BCUT2D eigenvalue weighted by molar-refractivity contribution is -0.122. The van der Waals surface area contributed by atoms with Gasteiger partial charge in [0.25, 0.3) is 11.8 Å². The summed E-state index contributed by atoms with van der Waals surface area (Å²) < 4.78 is 6.83. The fourth-order valence-corrected chi connectivity index (χ4v) is 4.31. The molecule has 0 bridgehead atoms. The summed E-state index contributed by atoms with van der Waals surface area (Å²) in [6.45, 7) is 2.26. The Kier molecular flexibility index (Phi) is 6.40. The number of hydrogen-bond donors (Lipinski definition) is 1. The van der Waals surface area contributed by atoms with Crippen molar-refractivity contribution in [2.75, 3.05) is 4.90 Å². The number of benzene rings is 4. The Morgan fingerprint density at radius 2 is 1.67 bits per heavy atom. The third kappa shape index (κ3) is 4.65. The molecule has 0 saturated carbocycles. The van der Waals surface area contributed by atoms with Crippen molar-refractivity contribution in [2.45, 2.75) is 13.5 Å². The maximum Gasteiger partial charge on any atom is 0.335 e. The Morgan fingerprint density at radius 3 is 2.44 bits per heavy atom. The van der Waals surface area contributed by atoms with Gasteiger partial charge >= 0.3 is 6.03 Å². The number of amides is 4. The van der Waals surface area contributed by atoms with Crippen LogP contribution in [0.3, 0.4) is 0 Å². The third-order valence-electron chi connectivity index (χ3n) is 5.97. The van der Waals surface area contributed by atoms with Gasteiger partial charge in [0, 0.05) is 4.47 Å². The summed E-state index contributed by atoms with van der Waals surface area (Å²) in [6.07, 6.45) is 1.47. The zero-order valence-electron chi connectivity index (χ0n) is 19.3. The van der Waals surface area contributed by atoms with E-state index in [0.717, 1.165) is 31.3 Å². The Labute approximate surface area is 216 Å². The lowest BCUT2D eigenvalue weighted by atomic mass is 10.1. The number of rotatable bonds is 5. The van der Waals surface area contributed by atoms with Gasteiger partial charge in [-0.2, -0.15) is 0 Å². The first-order valence-electron chi connectivity index (χ1n) is 11.3. The number of imide groups is 2. The van der Waals surface area contributed by atoms with Gasteiger partial charge in [-0.25, -0.2) is 9.69 Å². The van der Waals surface area contributed by atoms with Gasteiger partial charge in [-0.3, -0.25) is 14.9 Å². The summed E-state index contributed by atoms with van der Waals surface area (Å²) in [7, 11) is 0. The lowest BCUT2D eigenvalue weighted by Crippen LogP contribution is -2.54. The number of fused-ring (bicyclic) bond motifs is 1. The standard InChI is InChI=1S/C29H21BrN2O4/c1-18-15-22(11-14-26(18)30)32-28(34)25(27(33)31-29(32)35)16-19-9-12-23(13-10-19)36-17-21-7-4-6-20-5-2-3-8-24(20)21/h2-16H,17H2,1H3,(H,31,33,35)/b25-16+. The number of urea groups is 1. The van der Waals surface area contributed by atoms with Gasteiger partial charge in [-0.1, -0.05) is 70.5 Å². The number of aryl methyl sites for hydroxylation is 1. The molecule has 1 aliphatic rings. The molecule has 4 aromatic rings. The van der Waals surface area contributed by atoms with Crippen molar-refractivity contribution < 1.29 is 19.1 Å². The van der Waals surface area contributed by atoms with Crippen LogP contribution in [-0.2, 0) is 16.2 Å². The summed E-state index contributed by atoms with van der Waals surface area (Å²) in [5.74, 6) is -0.750. The number of nitrogens with one attached hydrogen (secondary N) is 1. The highest BCUT2D eigenvalue weighted by molar-refractivity contribution is 9.10. The summed E-state index contributed by atoms with van der Waals surface area (Å²) >= 11 is 3.41. The number of nitrogens with zero attached hydrogens (tertiary/aromatic N) is 1. The largest absolute Gasteiger partial charge is 0.489 e. The second kappa shape index (κ2) is 9.79. The highest BCUT2D eigenvalue weighted by Gasteiger charge is 2.36. The second-order valence-corrected chi connectivity index (χ2v) is 9.24. The third-order valence-corrected chi connectivity index (χ3v) is 6.86. The molecular weight excluding hydrogens is 520 g/mol. The van der Waals surface area contributed by atoms with Gasteiger partial charge in [0.15, 0.2) is 0 Å². The number of ether oxygens (including phenoxy) is 1. The fourth-order valence-electron chi connectivity index (χ4n) is 4.07. The lowest BCUT2D eigenvalue weighted by Gasteiger charge is -2.26. The Morgan fingerprint density at radius 1 is 0.917 bits per heavy atom. The Bertz CT molecular complexity index is 1540. The van der Waals surface area contributed by atoms with Crippen molar-refractivity contribution in [1.82, 2.24) is 5.32 Å². The summed E-state index contributed by atoms with van der Waals surface area (Å²) in [4.78, 5) is 39.0. The number of hydrogen-bond acceptors (Lipinski definition) is 4. The number of carbonyl (C=O) groups excluding carboxylic acids is 3. The van der Waals surface area contributed by atoms with Crippen LogP contribution in [-0.4, -0.2) is 17.8 Å². The van der Waals surface area contributed by atoms with Crippen LogP contribution in [0.4, 0.5) is 10.5 Å². The molecular formula is C29H21BrN2O4. The van der Waals surface area contributed by atoms with Gasteiger partial charge < -0.3 is 4.74 Å². The quantitative estimate of drug-likeness (QED) is 0.243. The van der Waals surface area contributed by atoms with Crippen molar-refractivity contribution >= 4 is 56.3 Å². The van der Waals surface area contributed by atoms with Crippen molar-refractivity contribution in [2.24, 2.45) is 0 Å². The topological polar surface area (TPSA) is 75.7 Å². The molecule has 5 rings (SSSR count). The Hall–Kier alpha value is -4.23. The van der Waals surface area contributed by atoms with Crippen LogP contribution in [0.15, 0.2) is 95.0 Å². The predicted octanol–water partition coefficient (Wildman–Crippen LogP) is 6.16. The molecule has 0 atom stereocenters. The number of anilines is 1. The molecule has 0 spiro atoms. The fraction of sp³-hybridized carbons (Fsp3) is 0.0690. The molecule has 0 radical (unpaired) electrons. The van der Waals surface area contributed by atoms with E-state index in [1.54, 1.807) is 42.5 Å². The van der Waals surface area contributed by atoms with Crippen LogP contribution in [0.1, 0.15) is 16.7 Å². The number of barbiturate groups is 1. The van der Waals surface area contributed by atoms with Gasteiger partial charge in [0.05, 0.1) is 5.69 Å². The molecule has 0 aliphatic carbocycles. The van der Waals surface area contributed by atoms with Crippen molar-refractivity contribution in [3.8, 4) is 5.75 Å². The molecule has 4 aromatic carbocycles. The summed E-state index contributed by atoms with van der Waals surface area (Å²) in [6, 6.07) is 25.7. The minimum Gasteiger partial charge on any atom is -0.489 e. The minimum atomic E-state index is -0.777. The molecule has 6 nitrogen and oxygen atoms in total. The van der Waals surface area contributed by atoms with E-state index in [-0.39, 0.29) is 5.57 Å². The van der Waals surface area contributed by atoms with Gasteiger partial charge in [-0.05, 0) is 70.8 Å². The zero-order chi connectivity index (χ0) is 25.2. The van der Waals surface area contributed by atoms with E-state index in [1.165, 1.54) is 6.08 Å². The first-order valence-corrected chi connectivity index (χ1v) is 12.1. The van der Waals surface area contributed by atoms with Crippen LogP contribution >= 0.6 is 15.9 Å². The van der Waals surface area contributed by atoms with E-state index in [1.807, 2.05) is 31.2 Å². The van der Waals surface area contributed by atoms with Gasteiger partial charge in [0.1, 0.15) is 17.9 Å². The number of carbonyl (C=O) groups is 3. The predicted molar refractivity (Wildman–Crippen MR) is 143 cm³/mol. The van der Waals surface area contributed by atoms with E-state index in [9.17, 15) is 14.4 Å². The Balaban J connectivity index is 1.34. The molecule has 1 saturated heterocycles. The first kappa shape index (κ1) is 23.5. The molecule has 1 aliphatic heterocycles. The van der Waals surface area contributed by atoms with Crippen LogP contribution < -0.4 is 15.0 Å². The van der Waals surface area contributed by atoms with E-state index >= 15 is 0 Å².